The van der Waals surface area contributed by atoms with Gasteiger partial charge in [-0.25, -0.2) is 0 Å². The van der Waals surface area contributed by atoms with Gasteiger partial charge in [-0.05, 0) is 34.7 Å². The van der Waals surface area contributed by atoms with Crippen LogP contribution in [0.15, 0.2) is 42.5 Å². The molecule has 1 heterocycles. The van der Waals surface area contributed by atoms with Crippen molar-refractivity contribution in [1.29, 1.82) is 5.26 Å². The molecule has 3 atom stereocenters. The Hall–Kier alpha value is -2.31. The van der Waals surface area contributed by atoms with Gasteiger partial charge < -0.3 is 9.84 Å². The molecule has 2 aromatic carbocycles. The van der Waals surface area contributed by atoms with E-state index < -0.39 is 0 Å². The van der Waals surface area contributed by atoms with E-state index in [1.807, 2.05) is 30.3 Å². The summed E-state index contributed by atoms with van der Waals surface area (Å²) in [5, 5.41) is 19.2. The predicted molar refractivity (Wildman–Crippen MR) is 86.8 cm³/mol. The Labute approximate surface area is 136 Å². The van der Waals surface area contributed by atoms with Crippen molar-refractivity contribution >= 4 is 0 Å². The molecule has 0 saturated heterocycles. The Bertz CT molecular complexity index is 808. The first kappa shape index (κ1) is 14.3. The fourth-order valence-electron chi connectivity index (χ4n) is 4.45. The maximum absolute atomic E-state index is 9.74. The number of rotatable bonds is 2. The van der Waals surface area contributed by atoms with E-state index in [0.717, 1.165) is 28.9 Å². The molecule has 0 amide bonds. The largest absolute Gasteiger partial charge is 0.489 e. The third kappa shape index (κ3) is 1.79. The molecule has 2 unspecified atom stereocenters. The zero-order chi connectivity index (χ0) is 16.0. The van der Waals surface area contributed by atoms with E-state index in [4.69, 9.17) is 4.74 Å². The van der Waals surface area contributed by atoms with Crippen LogP contribution < -0.4 is 4.74 Å². The van der Waals surface area contributed by atoms with Crippen molar-refractivity contribution in [1.82, 2.24) is 0 Å². The molecule has 116 valence electrons. The molecule has 2 aliphatic rings. The van der Waals surface area contributed by atoms with Crippen LogP contribution >= 0.6 is 0 Å². The number of fused-ring (bicyclic) bond motifs is 4. The van der Waals surface area contributed by atoms with Crippen LogP contribution in [0.5, 0.6) is 5.75 Å². The first-order valence-corrected chi connectivity index (χ1v) is 8.12. The molecule has 0 aromatic heterocycles. The lowest BCUT2D eigenvalue weighted by molar-refractivity contribution is 0.280. The van der Waals surface area contributed by atoms with Gasteiger partial charge in [0.25, 0.3) is 0 Å². The minimum atomic E-state index is -0.264. The summed E-state index contributed by atoms with van der Waals surface area (Å²) in [6.45, 7) is 2.66. The van der Waals surface area contributed by atoms with E-state index in [0.29, 0.717) is 12.5 Å². The lowest BCUT2D eigenvalue weighted by atomic mass is 9.81. The molecule has 23 heavy (non-hydrogen) atoms. The van der Waals surface area contributed by atoms with Crippen molar-refractivity contribution in [2.24, 2.45) is 11.8 Å². The lowest BCUT2D eigenvalue weighted by Crippen LogP contribution is -2.15. The Balaban J connectivity index is 1.99. The molecule has 3 heteroatoms. The van der Waals surface area contributed by atoms with Crippen LogP contribution in [0.25, 0.3) is 0 Å². The van der Waals surface area contributed by atoms with Gasteiger partial charge in [0.15, 0.2) is 0 Å². The summed E-state index contributed by atoms with van der Waals surface area (Å²) in [4.78, 5) is 0. The van der Waals surface area contributed by atoms with Gasteiger partial charge in [-0.15, -0.1) is 0 Å². The first-order valence-electron chi connectivity index (χ1n) is 8.12. The van der Waals surface area contributed by atoms with Gasteiger partial charge in [-0.2, -0.15) is 5.26 Å². The molecule has 1 saturated carbocycles. The van der Waals surface area contributed by atoms with Crippen LogP contribution in [0.1, 0.15) is 35.6 Å². The van der Waals surface area contributed by atoms with Crippen molar-refractivity contribution in [2.75, 3.05) is 0 Å². The summed E-state index contributed by atoms with van der Waals surface area (Å²) in [5.74, 6) is 1.17. The third-order valence-electron chi connectivity index (χ3n) is 5.46. The molecule has 0 radical (unpaired) electrons. The Morgan fingerprint density at radius 3 is 2.78 bits per heavy atom. The van der Waals surface area contributed by atoms with Crippen LogP contribution in [-0.2, 0) is 18.6 Å². The number of nitriles is 1. The van der Waals surface area contributed by atoms with Crippen LogP contribution in [0, 0.1) is 23.2 Å². The summed E-state index contributed by atoms with van der Waals surface area (Å²) < 4.78 is 6.04. The first-order chi connectivity index (χ1) is 11.3. The number of hydrogen-bond donors (Lipinski definition) is 1. The van der Waals surface area contributed by atoms with Gasteiger partial charge in [0.05, 0.1) is 18.6 Å². The van der Waals surface area contributed by atoms with E-state index in [-0.39, 0.29) is 17.9 Å². The second kappa shape index (κ2) is 5.11. The van der Waals surface area contributed by atoms with Gasteiger partial charge in [0.2, 0.25) is 0 Å². The molecule has 1 aliphatic heterocycles. The summed E-state index contributed by atoms with van der Waals surface area (Å²) in [5.41, 5.74) is 4.03. The summed E-state index contributed by atoms with van der Waals surface area (Å²) in [6, 6.07) is 16.7. The van der Waals surface area contributed by atoms with Gasteiger partial charge in [0, 0.05) is 11.0 Å². The normalized spacial score (nSPS) is 27.3. The molecular weight excluding hydrogens is 286 g/mol. The highest BCUT2D eigenvalue weighted by Gasteiger charge is 2.67. The van der Waals surface area contributed by atoms with E-state index in [9.17, 15) is 10.4 Å². The van der Waals surface area contributed by atoms with Crippen LogP contribution in [0.2, 0.25) is 0 Å². The van der Waals surface area contributed by atoms with Crippen molar-refractivity contribution in [3.63, 3.8) is 0 Å². The van der Waals surface area contributed by atoms with Gasteiger partial charge in [-0.3, -0.25) is 0 Å². The summed E-state index contributed by atoms with van der Waals surface area (Å²) >= 11 is 0. The highest BCUT2D eigenvalue weighted by molar-refractivity contribution is 5.60. The van der Waals surface area contributed by atoms with Crippen molar-refractivity contribution in [2.45, 2.75) is 32.0 Å². The topological polar surface area (TPSA) is 53.2 Å². The number of benzene rings is 2. The van der Waals surface area contributed by atoms with Crippen LogP contribution in [0.4, 0.5) is 0 Å². The number of nitrogens with zero attached hydrogens (tertiary/aromatic N) is 1. The van der Waals surface area contributed by atoms with Crippen molar-refractivity contribution in [3.8, 4) is 11.8 Å². The second-order valence-corrected chi connectivity index (χ2v) is 6.42. The average molecular weight is 305 g/mol. The van der Waals surface area contributed by atoms with Crippen LogP contribution in [-0.4, -0.2) is 5.11 Å². The molecule has 0 bridgehead atoms. The van der Waals surface area contributed by atoms with E-state index in [2.05, 4.69) is 25.1 Å². The highest BCUT2D eigenvalue weighted by atomic mass is 16.5. The van der Waals surface area contributed by atoms with Crippen molar-refractivity contribution in [3.05, 3.63) is 64.7 Å². The number of aliphatic hydroxyl groups is 1. The quantitative estimate of drug-likeness (QED) is 0.923. The molecule has 1 spiro atoms. The molecule has 4 rings (SSSR count). The van der Waals surface area contributed by atoms with Crippen LogP contribution in [0.3, 0.4) is 0 Å². The monoisotopic (exact) mass is 305 g/mol. The van der Waals surface area contributed by atoms with Gasteiger partial charge in [-0.1, -0.05) is 43.7 Å². The molecule has 2 aromatic rings. The maximum Gasteiger partial charge on any atom is 0.123 e. The van der Waals surface area contributed by atoms with Gasteiger partial charge in [0.1, 0.15) is 12.4 Å². The summed E-state index contributed by atoms with van der Waals surface area (Å²) in [6.07, 6.45) is 0.966. The predicted octanol–water partition coefficient (Wildman–Crippen LogP) is 3.54. The van der Waals surface area contributed by atoms with E-state index in [1.54, 1.807) is 0 Å². The fourth-order valence-corrected chi connectivity index (χ4v) is 4.45. The van der Waals surface area contributed by atoms with Gasteiger partial charge >= 0.3 is 0 Å². The molecular formula is C20H19NO2. The minimum absolute atomic E-state index is 0.0194. The van der Waals surface area contributed by atoms with E-state index in [1.165, 1.54) is 5.56 Å². The average Bonchev–Trinajstić information content (AvgIpc) is 3.30. The SMILES string of the molecule is CCC1C(C#N)[C@@]12c1ccc(CO)cc1COc1ccccc12. The maximum atomic E-state index is 9.74. The number of para-hydroxylation sites is 1. The number of ether oxygens (including phenoxy) is 1. The standard InChI is InChI=1S/C20H19NO2/c1-2-15-18(10-21)20(15)16-8-7-13(11-22)9-14(16)12-23-19-6-4-3-5-17(19)20/h3-9,15,18,22H,2,11-12H2,1H3/t15?,18?,20-/m1/s1. The summed E-state index contributed by atoms with van der Waals surface area (Å²) in [7, 11) is 0. The Morgan fingerprint density at radius 2 is 2.09 bits per heavy atom. The number of aliphatic hydroxyl groups excluding tert-OH is 1. The van der Waals surface area contributed by atoms with Crippen molar-refractivity contribution < 1.29 is 9.84 Å². The lowest BCUT2D eigenvalue weighted by Gasteiger charge is -2.20. The Morgan fingerprint density at radius 1 is 1.26 bits per heavy atom. The minimum Gasteiger partial charge on any atom is -0.489 e. The molecule has 1 aliphatic carbocycles. The molecule has 1 fully saturated rings. The smallest absolute Gasteiger partial charge is 0.123 e. The Kier molecular flexibility index (Phi) is 3.18. The fraction of sp³-hybridized carbons (Fsp3) is 0.350. The molecule has 3 nitrogen and oxygen atoms in total. The zero-order valence-corrected chi connectivity index (χ0v) is 13.1. The molecule has 1 N–H and O–H groups in total. The van der Waals surface area contributed by atoms with E-state index >= 15 is 0 Å². The number of hydrogen-bond acceptors (Lipinski definition) is 3. The highest BCUT2D eigenvalue weighted by Crippen LogP contribution is 2.67. The third-order valence-corrected chi connectivity index (χ3v) is 5.46. The zero-order valence-electron chi connectivity index (χ0n) is 13.1. The second-order valence-electron chi connectivity index (χ2n) is 6.42.